The van der Waals surface area contributed by atoms with Gasteiger partial charge in [0.1, 0.15) is 0 Å². The third-order valence-electron chi connectivity index (χ3n) is 4.18. The van der Waals surface area contributed by atoms with Gasteiger partial charge in [-0.2, -0.15) is 5.10 Å². The minimum absolute atomic E-state index is 0. The number of benzene rings is 2. The Kier molecular flexibility index (Phi) is 7.70. The molecule has 10 nitrogen and oxygen atoms in total. The van der Waals surface area contributed by atoms with E-state index in [1.54, 1.807) is 32.0 Å². The van der Waals surface area contributed by atoms with Crippen LogP contribution in [0.3, 0.4) is 0 Å². The SMILES string of the molecule is Cc1ccc(OCC(=O)N/N=C\c2c(C)[nH]n(-c3ccccc3)c2=O)c([N+](=O)[O-])c1.Cl. The number of rotatable bonds is 7. The average Bonchev–Trinajstić information content (AvgIpc) is 3.01. The number of amides is 1. The fourth-order valence-corrected chi connectivity index (χ4v) is 2.71. The van der Waals surface area contributed by atoms with Crippen LogP contribution >= 0.6 is 12.4 Å². The molecule has 1 aromatic heterocycles. The van der Waals surface area contributed by atoms with Crippen molar-refractivity contribution < 1.29 is 14.5 Å². The Morgan fingerprint density at radius 1 is 1.26 bits per heavy atom. The van der Waals surface area contributed by atoms with Crippen molar-refractivity contribution in [3.05, 3.63) is 85.8 Å². The maximum Gasteiger partial charge on any atom is 0.311 e. The number of nitro benzene ring substituents is 1. The van der Waals surface area contributed by atoms with E-state index in [-0.39, 0.29) is 35.0 Å². The van der Waals surface area contributed by atoms with Gasteiger partial charge in [-0.3, -0.25) is 24.8 Å². The Hall–Kier alpha value is -3.92. The van der Waals surface area contributed by atoms with Gasteiger partial charge in [0, 0.05) is 11.8 Å². The van der Waals surface area contributed by atoms with Gasteiger partial charge in [-0.05, 0) is 37.6 Å². The molecule has 1 amide bonds. The molecular formula is C20H20ClN5O5. The zero-order valence-corrected chi connectivity index (χ0v) is 17.5. The maximum atomic E-state index is 12.5. The summed E-state index contributed by atoms with van der Waals surface area (Å²) >= 11 is 0. The normalized spacial score (nSPS) is 10.5. The van der Waals surface area contributed by atoms with Gasteiger partial charge >= 0.3 is 5.69 Å². The van der Waals surface area contributed by atoms with Crippen LogP contribution in [0.2, 0.25) is 0 Å². The number of hydrazone groups is 1. The fourth-order valence-electron chi connectivity index (χ4n) is 2.71. The molecule has 0 saturated heterocycles. The van der Waals surface area contributed by atoms with Crippen LogP contribution in [-0.2, 0) is 4.79 Å². The van der Waals surface area contributed by atoms with E-state index in [2.05, 4.69) is 15.6 Å². The monoisotopic (exact) mass is 445 g/mol. The highest BCUT2D eigenvalue weighted by atomic mass is 35.5. The summed E-state index contributed by atoms with van der Waals surface area (Å²) in [4.78, 5) is 35.0. The third kappa shape index (κ3) is 5.58. The van der Waals surface area contributed by atoms with Crippen LogP contribution in [0, 0.1) is 24.0 Å². The second kappa shape index (κ2) is 10.2. The van der Waals surface area contributed by atoms with Crippen LogP contribution in [-0.4, -0.2) is 33.4 Å². The summed E-state index contributed by atoms with van der Waals surface area (Å²) in [6, 6.07) is 13.5. The summed E-state index contributed by atoms with van der Waals surface area (Å²) in [6.07, 6.45) is 1.24. The molecule has 0 radical (unpaired) electrons. The molecule has 2 N–H and O–H groups in total. The quantitative estimate of drug-likeness (QED) is 0.328. The number of halogens is 1. The summed E-state index contributed by atoms with van der Waals surface area (Å²) < 4.78 is 6.60. The molecule has 0 saturated carbocycles. The summed E-state index contributed by atoms with van der Waals surface area (Å²) in [5, 5.41) is 17.8. The molecule has 0 aliphatic heterocycles. The first-order valence-corrected chi connectivity index (χ1v) is 8.93. The van der Waals surface area contributed by atoms with E-state index in [1.165, 1.54) is 23.0 Å². The van der Waals surface area contributed by atoms with Gasteiger partial charge in [-0.1, -0.05) is 24.3 Å². The number of nitrogens with zero attached hydrogens (tertiary/aromatic N) is 3. The molecule has 0 spiro atoms. The second-order valence-corrected chi connectivity index (χ2v) is 6.44. The zero-order valence-electron chi connectivity index (χ0n) is 16.7. The van der Waals surface area contributed by atoms with Crippen LogP contribution in [0.4, 0.5) is 5.69 Å². The average molecular weight is 446 g/mol. The number of para-hydroxylation sites is 1. The van der Waals surface area contributed by atoms with E-state index >= 15 is 0 Å². The van der Waals surface area contributed by atoms with Gasteiger partial charge < -0.3 is 4.74 Å². The summed E-state index contributed by atoms with van der Waals surface area (Å²) in [5.74, 6) is -0.644. The maximum absolute atomic E-state index is 12.5. The molecule has 3 rings (SSSR count). The van der Waals surface area contributed by atoms with Crippen molar-refractivity contribution in [3.63, 3.8) is 0 Å². The number of nitrogens with one attached hydrogen (secondary N) is 2. The van der Waals surface area contributed by atoms with Gasteiger partial charge in [0.15, 0.2) is 12.4 Å². The van der Waals surface area contributed by atoms with E-state index in [9.17, 15) is 19.7 Å². The topological polar surface area (TPSA) is 132 Å². The number of aromatic nitrogens is 2. The molecule has 11 heteroatoms. The van der Waals surface area contributed by atoms with Crippen LogP contribution in [0.15, 0.2) is 58.4 Å². The number of aromatic amines is 1. The summed E-state index contributed by atoms with van der Waals surface area (Å²) in [6.45, 7) is 2.96. The lowest BCUT2D eigenvalue weighted by molar-refractivity contribution is -0.385. The Morgan fingerprint density at radius 2 is 1.97 bits per heavy atom. The van der Waals surface area contributed by atoms with Crippen molar-refractivity contribution >= 4 is 30.2 Å². The summed E-state index contributed by atoms with van der Waals surface area (Å²) in [5.41, 5.74) is 3.93. The van der Waals surface area contributed by atoms with Crippen molar-refractivity contribution in [3.8, 4) is 11.4 Å². The lowest BCUT2D eigenvalue weighted by atomic mass is 10.2. The minimum Gasteiger partial charge on any atom is -0.477 e. The van der Waals surface area contributed by atoms with E-state index in [1.807, 2.05) is 18.2 Å². The largest absolute Gasteiger partial charge is 0.477 e. The molecule has 1 heterocycles. The molecule has 2 aromatic carbocycles. The first-order valence-electron chi connectivity index (χ1n) is 8.93. The highest BCUT2D eigenvalue weighted by molar-refractivity contribution is 5.85. The van der Waals surface area contributed by atoms with Crippen molar-refractivity contribution in [1.29, 1.82) is 0 Å². The molecule has 31 heavy (non-hydrogen) atoms. The van der Waals surface area contributed by atoms with Gasteiger partial charge in [0.05, 0.1) is 22.4 Å². The number of ether oxygens (including phenoxy) is 1. The van der Waals surface area contributed by atoms with E-state index in [0.717, 1.165) is 0 Å². The predicted molar refractivity (Wildman–Crippen MR) is 117 cm³/mol. The first kappa shape index (κ1) is 23.4. The van der Waals surface area contributed by atoms with Gasteiger partial charge in [-0.15, -0.1) is 12.4 Å². The zero-order chi connectivity index (χ0) is 21.7. The molecule has 0 bridgehead atoms. The molecule has 0 aliphatic rings. The summed E-state index contributed by atoms with van der Waals surface area (Å²) in [7, 11) is 0. The standard InChI is InChI=1S/C20H19N5O5.ClH/c1-13-8-9-18(17(10-13)25(28)29)30-12-19(26)22-21-11-16-14(2)23-24(20(16)27)15-6-4-3-5-7-15;/h3-11,23H,12H2,1-2H3,(H,22,26);1H/b21-11-;. The lowest BCUT2D eigenvalue weighted by Gasteiger charge is -2.06. The Labute approximate surface area is 183 Å². The van der Waals surface area contributed by atoms with Crippen molar-refractivity contribution in [1.82, 2.24) is 15.2 Å². The van der Waals surface area contributed by atoms with Crippen LogP contribution in [0.5, 0.6) is 5.75 Å². The van der Waals surface area contributed by atoms with E-state index in [4.69, 9.17) is 4.74 Å². The molecular weight excluding hydrogens is 426 g/mol. The van der Waals surface area contributed by atoms with E-state index < -0.39 is 17.4 Å². The Morgan fingerprint density at radius 3 is 2.65 bits per heavy atom. The van der Waals surface area contributed by atoms with Crippen LogP contribution in [0.25, 0.3) is 5.69 Å². The number of H-pyrrole nitrogens is 1. The molecule has 162 valence electrons. The third-order valence-corrected chi connectivity index (χ3v) is 4.18. The van der Waals surface area contributed by atoms with Crippen LogP contribution < -0.4 is 15.7 Å². The van der Waals surface area contributed by atoms with Gasteiger partial charge in [0.25, 0.3) is 11.5 Å². The van der Waals surface area contributed by atoms with Gasteiger partial charge in [0.2, 0.25) is 0 Å². The van der Waals surface area contributed by atoms with Crippen molar-refractivity contribution in [2.45, 2.75) is 13.8 Å². The Balaban J connectivity index is 0.00000341. The molecule has 0 aliphatic carbocycles. The highest BCUT2D eigenvalue weighted by Gasteiger charge is 2.16. The van der Waals surface area contributed by atoms with Crippen molar-refractivity contribution in [2.75, 3.05) is 6.61 Å². The predicted octanol–water partition coefficient (Wildman–Crippen LogP) is 2.64. The number of carbonyl (C=O) groups is 1. The highest BCUT2D eigenvalue weighted by Crippen LogP contribution is 2.27. The van der Waals surface area contributed by atoms with E-state index in [0.29, 0.717) is 16.9 Å². The smallest absolute Gasteiger partial charge is 0.311 e. The lowest BCUT2D eigenvalue weighted by Crippen LogP contribution is -2.25. The number of hydrogen-bond donors (Lipinski definition) is 2. The molecule has 0 unspecified atom stereocenters. The molecule has 0 atom stereocenters. The van der Waals surface area contributed by atoms with Gasteiger partial charge in [-0.25, -0.2) is 10.1 Å². The molecule has 3 aromatic rings. The van der Waals surface area contributed by atoms with Crippen LogP contribution in [0.1, 0.15) is 16.8 Å². The minimum atomic E-state index is -0.627. The molecule has 0 fully saturated rings. The second-order valence-electron chi connectivity index (χ2n) is 6.44. The van der Waals surface area contributed by atoms with Crippen molar-refractivity contribution in [2.24, 2.45) is 5.10 Å². The number of carbonyl (C=O) groups excluding carboxylic acids is 1. The fraction of sp³-hybridized carbons (Fsp3) is 0.150. The first-order chi connectivity index (χ1) is 14.4. The number of hydrogen-bond acceptors (Lipinski definition) is 6. The number of aryl methyl sites for hydroxylation is 2. The Bertz CT molecular complexity index is 1170. The number of nitro groups is 1.